The summed E-state index contributed by atoms with van der Waals surface area (Å²) < 4.78 is 2.22. The maximum atomic E-state index is 4.97. The predicted octanol–water partition coefficient (Wildman–Crippen LogP) is 5.15. The number of benzene rings is 3. The quantitative estimate of drug-likeness (QED) is 0.480. The number of aromatic amines is 1. The zero-order chi connectivity index (χ0) is 15.9. The number of hydrogen-bond acceptors (Lipinski definition) is 1. The van der Waals surface area contributed by atoms with Gasteiger partial charge in [-0.3, -0.25) is 4.40 Å². The van der Waals surface area contributed by atoms with Crippen LogP contribution in [0.2, 0.25) is 0 Å². The molecule has 3 nitrogen and oxygen atoms in total. The number of rotatable bonds is 2. The summed E-state index contributed by atoms with van der Waals surface area (Å²) in [6, 6.07) is 29.0. The van der Waals surface area contributed by atoms with Crippen molar-refractivity contribution < 1.29 is 0 Å². The Kier molecular flexibility index (Phi) is 2.79. The average molecular weight is 309 g/mol. The number of aromatic nitrogens is 3. The lowest BCUT2D eigenvalue weighted by atomic mass is 10.2. The topological polar surface area (TPSA) is 33.1 Å². The summed E-state index contributed by atoms with van der Waals surface area (Å²) in [6.45, 7) is 0. The molecule has 5 rings (SSSR count). The minimum absolute atomic E-state index is 0.960. The summed E-state index contributed by atoms with van der Waals surface area (Å²) in [5.74, 6) is 0.960. The molecule has 0 fully saturated rings. The smallest absolute Gasteiger partial charge is 0.147 e. The summed E-state index contributed by atoms with van der Waals surface area (Å²) in [5, 5.41) is 0. The highest BCUT2D eigenvalue weighted by molar-refractivity contribution is 5.90. The fourth-order valence-corrected chi connectivity index (χ4v) is 3.25. The molecule has 5 aromatic rings. The third kappa shape index (κ3) is 1.88. The summed E-state index contributed by atoms with van der Waals surface area (Å²) in [5.41, 5.74) is 6.49. The molecule has 0 radical (unpaired) electrons. The third-order valence-electron chi connectivity index (χ3n) is 4.35. The molecule has 0 amide bonds. The first kappa shape index (κ1) is 13.1. The van der Waals surface area contributed by atoms with E-state index in [4.69, 9.17) is 4.98 Å². The highest BCUT2D eigenvalue weighted by Gasteiger charge is 2.17. The second kappa shape index (κ2) is 5.10. The van der Waals surface area contributed by atoms with Crippen LogP contribution >= 0.6 is 0 Å². The molecule has 0 unspecified atom stereocenters. The molecule has 0 spiro atoms. The van der Waals surface area contributed by atoms with Gasteiger partial charge in [0.2, 0.25) is 0 Å². The first-order valence-electron chi connectivity index (χ1n) is 8.02. The van der Waals surface area contributed by atoms with E-state index in [9.17, 15) is 0 Å². The summed E-state index contributed by atoms with van der Waals surface area (Å²) in [4.78, 5) is 8.51. The Morgan fingerprint density at radius 3 is 2.04 bits per heavy atom. The first-order valence-corrected chi connectivity index (χ1v) is 8.02. The monoisotopic (exact) mass is 309 g/mol. The van der Waals surface area contributed by atoms with Gasteiger partial charge >= 0.3 is 0 Å². The number of fused-ring (bicyclic) bond motifs is 3. The lowest BCUT2D eigenvalue weighted by Gasteiger charge is -1.99. The van der Waals surface area contributed by atoms with Gasteiger partial charge in [-0.2, -0.15) is 0 Å². The van der Waals surface area contributed by atoms with E-state index in [1.165, 1.54) is 0 Å². The van der Waals surface area contributed by atoms with Crippen molar-refractivity contribution in [3.05, 3.63) is 84.9 Å². The Morgan fingerprint density at radius 1 is 0.667 bits per heavy atom. The van der Waals surface area contributed by atoms with Gasteiger partial charge in [0.05, 0.1) is 11.0 Å². The first-order chi connectivity index (χ1) is 11.9. The molecule has 3 heteroatoms. The highest BCUT2D eigenvalue weighted by Crippen LogP contribution is 2.32. The molecule has 0 saturated carbocycles. The Bertz CT molecular complexity index is 1140. The zero-order valence-electron chi connectivity index (χ0n) is 13.0. The van der Waals surface area contributed by atoms with Crippen LogP contribution in [0.4, 0.5) is 0 Å². The van der Waals surface area contributed by atoms with Crippen molar-refractivity contribution in [1.29, 1.82) is 0 Å². The van der Waals surface area contributed by atoms with Crippen molar-refractivity contribution in [3.63, 3.8) is 0 Å². The van der Waals surface area contributed by atoms with E-state index in [0.29, 0.717) is 0 Å². The Balaban J connectivity index is 1.92. The molecule has 0 bridgehead atoms. The maximum Gasteiger partial charge on any atom is 0.147 e. The van der Waals surface area contributed by atoms with Gasteiger partial charge in [-0.1, -0.05) is 72.8 Å². The Morgan fingerprint density at radius 2 is 1.29 bits per heavy atom. The molecular weight excluding hydrogens is 294 g/mol. The van der Waals surface area contributed by atoms with Crippen molar-refractivity contribution in [1.82, 2.24) is 14.4 Å². The fraction of sp³-hybridized carbons (Fsp3) is 0. The van der Waals surface area contributed by atoms with Gasteiger partial charge in [0, 0.05) is 11.1 Å². The van der Waals surface area contributed by atoms with Gasteiger partial charge in [-0.05, 0) is 12.1 Å². The molecule has 0 saturated heterocycles. The fourth-order valence-electron chi connectivity index (χ4n) is 3.25. The van der Waals surface area contributed by atoms with Crippen LogP contribution in [0.15, 0.2) is 84.9 Å². The van der Waals surface area contributed by atoms with Crippen LogP contribution in [0.25, 0.3) is 39.3 Å². The molecule has 2 heterocycles. The van der Waals surface area contributed by atoms with Crippen LogP contribution in [0.1, 0.15) is 0 Å². The molecule has 0 aliphatic carbocycles. The van der Waals surface area contributed by atoms with Crippen LogP contribution < -0.4 is 0 Å². The normalized spacial score (nSPS) is 11.3. The molecule has 3 aromatic carbocycles. The van der Waals surface area contributed by atoms with E-state index in [1.807, 2.05) is 36.4 Å². The number of H-pyrrole nitrogens is 1. The van der Waals surface area contributed by atoms with Crippen LogP contribution in [-0.2, 0) is 0 Å². The molecule has 2 aromatic heterocycles. The minimum Gasteiger partial charge on any atom is -0.338 e. The van der Waals surface area contributed by atoms with Crippen molar-refractivity contribution in [2.24, 2.45) is 0 Å². The van der Waals surface area contributed by atoms with E-state index in [1.54, 1.807) is 0 Å². The number of hydrogen-bond donors (Lipinski definition) is 1. The minimum atomic E-state index is 0.960. The molecule has 0 atom stereocenters. The molecule has 24 heavy (non-hydrogen) atoms. The van der Waals surface area contributed by atoms with Crippen LogP contribution in [-0.4, -0.2) is 14.4 Å². The zero-order valence-corrected chi connectivity index (χ0v) is 13.0. The lowest BCUT2D eigenvalue weighted by Crippen LogP contribution is -1.87. The Hall–Kier alpha value is -3.33. The largest absolute Gasteiger partial charge is 0.338 e. The van der Waals surface area contributed by atoms with E-state index < -0.39 is 0 Å². The van der Waals surface area contributed by atoms with Gasteiger partial charge in [-0.25, -0.2) is 4.98 Å². The summed E-state index contributed by atoms with van der Waals surface area (Å²) >= 11 is 0. The van der Waals surface area contributed by atoms with E-state index in [-0.39, 0.29) is 0 Å². The van der Waals surface area contributed by atoms with Crippen LogP contribution in [0, 0.1) is 0 Å². The third-order valence-corrected chi connectivity index (χ3v) is 4.35. The number of nitrogens with one attached hydrogen (secondary N) is 1. The number of imidazole rings is 2. The molecule has 0 aliphatic rings. The van der Waals surface area contributed by atoms with Crippen LogP contribution in [0.5, 0.6) is 0 Å². The summed E-state index contributed by atoms with van der Waals surface area (Å²) in [6.07, 6.45) is 0. The van der Waals surface area contributed by atoms with Gasteiger partial charge < -0.3 is 4.98 Å². The van der Waals surface area contributed by atoms with Gasteiger partial charge in [0.25, 0.3) is 0 Å². The van der Waals surface area contributed by atoms with Crippen molar-refractivity contribution in [2.75, 3.05) is 0 Å². The van der Waals surface area contributed by atoms with Gasteiger partial charge in [0.1, 0.15) is 17.2 Å². The van der Waals surface area contributed by atoms with Crippen molar-refractivity contribution in [2.45, 2.75) is 0 Å². The second-order valence-electron chi connectivity index (χ2n) is 5.84. The molecular formula is C21H15N3. The van der Waals surface area contributed by atoms with E-state index >= 15 is 0 Å². The van der Waals surface area contributed by atoms with Crippen molar-refractivity contribution in [3.8, 4) is 22.6 Å². The number of nitrogens with zero attached hydrogens (tertiary/aromatic N) is 2. The highest BCUT2D eigenvalue weighted by atomic mass is 15.1. The van der Waals surface area contributed by atoms with E-state index in [0.717, 1.165) is 39.3 Å². The van der Waals surface area contributed by atoms with Gasteiger partial charge in [0.15, 0.2) is 0 Å². The maximum absolute atomic E-state index is 4.97. The molecule has 0 aliphatic heterocycles. The van der Waals surface area contributed by atoms with Crippen LogP contribution in [0.3, 0.4) is 0 Å². The van der Waals surface area contributed by atoms with Crippen molar-refractivity contribution >= 4 is 16.7 Å². The molecule has 114 valence electrons. The SMILES string of the molecule is c1ccc(-c2nc(-c3ccccc3)n3c2[nH]c2ccccc23)cc1. The summed E-state index contributed by atoms with van der Waals surface area (Å²) in [7, 11) is 0. The number of para-hydroxylation sites is 2. The standard InChI is InChI=1S/C21H15N3/c1-3-9-15(10-4-1)19-21-22-17-13-7-8-14-18(17)24(21)20(23-19)16-11-5-2-6-12-16/h1-14,22H. The van der Waals surface area contributed by atoms with E-state index in [2.05, 4.69) is 57.9 Å². The molecule has 1 N–H and O–H groups in total. The average Bonchev–Trinajstić information content (AvgIpc) is 3.20. The van der Waals surface area contributed by atoms with Gasteiger partial charge in [-0.15, -0.1) is 0 Å². The second-order valence-corrected chi connectivity index (χ2v) is 5.84. The Labute approximate surface area is 139 Å². The lowest BCUT2D eigenvalue weighted by molar-refractivity contribution is 1.22. The predicted molar refractivity (Wildman–Crippen MR) is 97.9 cm³/mol.